The SMILES string of the molecule is CC(C)c1noc(C(C)N2CCN(c3ccccc3O)CC2)n1. The van der Waals surface area contributed by atoms with Crippen LogP contribution in [0.15, 0.2) is 28.8 Å². The van der Waals surface area contributed by atoms with Gasteiger partial charge in [0.05, 0.1) is 11.7 Å². The van der Waals surface area contributed by atoms with E-state index in [4.69, 9.17) is 4.52 Å². The smallest absolute Gasteiger partial charge is 0.243 e. The maximum absolute atomic E-state index is 9.98. The Kier molecular flexibility index (Phi) is 4.52. The van der Waals surface area contributed by atoms with Gasteiger partial charge in [-0.05, 0) is 19.1 Å². The number of phenols is 1. The highest BCUT2D eigenvalue weighted by molar-refractivity contribution is 5.57. The average molecular weight is 316 g/mol. The summed E-state index contributed by atoms with van der Waals surface area (Å²) < 4.78 is 5.42. The minimum absolute atomic E-state index is 0.113. The van der Waals surface area contributed by atoms with E-state index in [0.717, 1.165) is 37.7 Å². The first-order chi connectivity index (χ1) is 11.1. The molecule has 1 aromatic heterocycles. The molecule has 0 bridgehead atoms. The summed E-state index contributed by atoms with van der Waals surface area (Å²) in [6.45, 7) is 9.76. The van der Waals surface area contributed by atoms with Crippen LogP contribution < -0.4 is 4.90 Å². The Morgan fingerprint density at radius 1 is 1.09 bits per heavy atom. The fourth-order valence-corrected chi connectivity index (χ4v) is 2.89. The molecule has 1 atom stereocenters. The van der Waals surface area contributed by atoms with Crippen molar-refractivity contribution in [2.24, 2.45) is 0 Å². The molecule has 1 fully saturated rings. The summed E-state index contributed by atoms with van der Waals surface area (Å²) in [5.74, 6) is 2.06. The van der Waals surface area contributed by atoms with E-state index >= 15 is 0 Å². The monoisotopic (exact) mass is 316 g/mol. The van der Waals surface area contributed by atoms with E-state index in [1.807, 2.05) is 18.2 Å². The third kappa shape index (κ3) is 3.32. The van der Waals surface area contributed by atoms with Crippen molar-refractivity contribution in [3.05, 3.63) is 36.0 Å². The highest BCUT2D eigenvalue weighted by Gasteiger charge is 2.26. The highest BCUT2D eigenvalue weighted by atomic mass is 16.5. The van der Waals surface area contributed by atoms with Crippen LogP contribution in [0, 0.1) is 0 Å². The third-order valence-corrected chi connectivity index (χ3v) is 4.42. The van der Waals surface area contributed by atoms with Crippen molar-refractivity contribution < 1.29 is 9.63 Å². The van der Waals surface area contributed by atoms with Gasteiger partial charge in [-0.1, -0.05) is 31.1 Å². The summed E-state index contributed by atoms with van der Waals surface area (Å²) in [6, 6.07) is 7.61. The van der Waals surface area contributed by atoms with Crippen LogP contribution in [0.1, 0.15) is 44.4 Å². The van der Waals surface area contributed by atoms with Crippen molar-refractivity contribution in [2.75, 3.05) is 31.1 Å². The zero-order chi connectivity index (χ0) is 16.4. The van der Waals surface area contributed by atoms with E-state index in [-0.39, 0.29) is 12.0 Å². The van der Waals surface area contributed by atoms with Crippen LogP contribution in [0.2, 0.25) is 0 Å². The summed E-state index contributed by atoms with van der Waals surface area (Å²) in [7, 11) is 0. The molecule has 0 radical (unpaired) electrons. The Hall–Kier alpha value is -2.08. The summed E-state index contributed by atoms with van der Waals surface area (Å²) in [5.41, 5.74) is 0.902. The van der Waals surface area contributed by atoms with Gasteiger partial charge in [0.1, 0.15) is 5.75 Å². The van der Waals surface area contributed by atoms with Gasteiger partial charge in [0.25, 0.3) is 0 Å². The first kappa shape index (κ1) is 15.8. The molecule has 1 aliphatic rings. The van der Waals surface area contributed by atoms with Gasteiger partial charge in [-0.2, -0.15) is 4.98 Å². The Balaban J connectivity index is 1.63. The van der Waals surface area contributed by atoms with Crippen LogP contribution in [-0.2, 0) is 0 Å². The van der Waals surface area contributed by atoms with Gasteiger partial charge < -0.3 is 14.5 Å². The number of phenolic OH excluding ortho intramolecular Hbond substituents is 1. The minimum atomic E-state index is 0.113. The summed E-state index contributed by atoms with van der Waals surface area (Å²) in [4.78, 5) is 9.06. The molecule has 1 aromatic carbocycles. The fraction of sp³-hybridized carbons (Fsp3) is 0.529. The lowest BCUT2D eigenvalue weighted by atomic mass is 10.2. The van der Waals surface area contributed by atoms with Gasteiger partial charge in [-0.15, -0.1) is 0 Å². The first-order valence-corrected chi connectivity index (χ1v) is 8.16. The number of hydrogen-bond acceptors (Lipinski definition) is 6. The number of aromatic nitrogens is 2. The molecule has 2 aromatic rings. The van der Waals surface area contributed by atoms with E-state index in [1.165, 1.54) is 0 Å². The number of nitrogens with zero attached hydrogens (tertiary/aromatic N) is 4. The third-order valence-electron chi connectivity index (χ3n) is 4.42. The van der Waals surface area contributed by atoms with Crippen LogP contribution in [0.5, 0.6) is 5.75 Å². The molecule has 1 unspecified atom stereocenters. The average Bonchev–Trinajstić information content (AvgIpc) is 3.05. The molecule has 3 rings (SSSR count). The number of para-hydroxylation sites is 2. The Morgan fingerprint density at radius 3 is 2.39 bits per heavy atom. The summed E-state index contributed by atoms with van der Waals surface area (Å²) in [5, 5.41) is 14.0. The summed E-state index contributed by atoms with van der Waals surface area (Å²) in [6.07, 6.45) is 0. The second-order valence-corrected chi connectivity index (χ2v) is 6.33. The number of piperazine rings is 1. The van der Waals surface area contributed by atoms with Gasteiger partial charge in [0, 0.05) is 32.1 Å². The standard InChI is InChI=1S/C17H24N4O2/c1-12(2)16-18-17(23-19-16)13(3)20-8-10-21(11-9-20)14-6-4-5-7-15(14)22/h4-7,12-13,22H,8-11H2,1-3H3. The predicted octanol–water partition coefficient (Wildman–Crippen LogP) is 2.78. The van der Waals surface area contributed by atoms with Crippen molar-refractivity contribution >= 4 is 5.69 Å². The normalized spacial score (nSPS) is 17.7. The van der Waals surface area contributed by atoms with Crippen molar-refractivity contribution in [1.29, 1.82) is 0 Å². The first-order valence-electron chi connectivity index (χ1n) is 8.16. The lowest BCUT2D eigenvalue weighted by Gasteiger charge is -2.38. The molecule has 6 heteroatoms. The van der Waals surface area contributed by atoms with Crippen LogP contribution in [0.4, 0.5) is 5.69 Å². The molecule has 1 saturated heterocycles. The molecule has 2 heterocycles. The molecule has 124 valence electrons. The molecular formula is C17H24N4O2. The van der Waals surface area contributed by atoms with Crippen LogP contribution in [0.25, 0.3) is 0 Å². The maximum atomic E-state index is 9.98. The second kappa shape index (κ2) is 6.58. The van der Waals surface area contributed by atoms with E-state index < -0.39 is 0 Å². The van der Waals surface area contributed by atoms with Gasteiger partial charge >= 0.3 is 0 Å². The molecule has 0 aliphatic carbocycles. The minimum Gasteiger partial charge on any atom is -0.506 e. The van der Waals surface area contributed by atoms with E-state index in [9.17, 15) is 5.11 Å². The highest BCUT2D eigenvalue weighted by Crippen LogP contribution is 2.29. The molecule has 0 spiro atoms. The number of anilines is 1. The van der Waals surface area contributed by atoms with Gasteiger partial charge in [0.15, 0.2) is 5.82 Å². The number of benzene rings is 1. The number of rotatable bonds is 4. The second-order valence-electron chi connectivity index (χ2n) is 6.33. The molecule has 6 nitrogen and oxygen atoms in total. The van der Waals surface area contributed by atoms with Crippen molar-refractivity contribution in [3.8, 4) is 5.75 Å². The lowest BCUT2D eigenvalue weighted by molar-refractivity contribution is 0.164. The Labute approximate surface area is 136 Å². The zero-order valence-corrected chi connectivity index (χ0v) is 13.9. The quantitative estimate of drug-likeness (QED) is 0.935. The maximum Gasteiger partial charge on any atom is 0.243 e. The number of aromatic hydroxyl groups is 1. The molecule has 0 amide bonds. The van der Waals surface area contributed by atoms with E-state index in [2.05, 4.69) is 40.7 Å². The van der Waals surface area contributed by atoms with Crippen LogP contribution in [0.3, 0.4) is 0 Å². The van der Waals surface area contributed by atoms with Crippen LogP contribution in [-0.4, -0.2) is 46.3 Å². The largest absolute Gasteiger partial charge is 0.506 e. The number of hydrogen-bond donors (Lipinski definition) is 1. The Bertz CT molecular complexity index is 648. The molecular weight excluding hydrogens is 292 g/mol. The van der Waals surface area contributed by atoms with Crippen molar-refractivity contribution in [2.45, 2.75) is 32.7 Å². The Morgan fingerprint density at radius 2 is 1.78 bits per heavy atom. The fourth-order valence-electron chi connectivity index (χ4n) is 2.89. The lowest BCUT2D eigenvalue weighted by Crippen LogP contribution is -2.47. The van der Waals surface area contributed by atoms with Crippen molar-refractivity contribution in [1.82, 2.24) is 15.0 Å². The summed E-state index contributed by atoms with van der Waals surface area (Å²) >= 11 is 0. The molecule has 1 aliphatic heterocycles. The van der Waals surface area contributed by atoms with Gasteiger partial charge in [0.2, 0.25) is 5.89 Å². The predicted molar refractivity (Wildman–Crippen MR) is 88.7 cm³/mol. The topological polar surface area (TPSA) is 65.6 Å². The molecule has 23 heavy (non-hydrogen) atoms. The molecule has 0 saturated carbocycles. The van der Waals surface area contributed by atoms with Gasteiger partial charge in [-0.3, -0.25) is 4.90 Å². The van der Waals surface area contributed by atoms with Crippen molar-refractivity contribution in [3.63, 3.8) is 0 Å². The van der Waals surface area contributed by atoms with E-state index in [0.29, 0.717) is 11.6 Å². The van der Waals surface area contributed by atoms with E-state index in [1.54, 1.807) is 6.07 Å². The molecule has 1 N–H and O–H groups in total. The zero-order valence-electron chi connectivity index (χ0n) is 13.9. The van der Waals surface area contributed by atoms with Crippen LogP contribution >= 0.6 is 0 Å². The van der Waals surface area contributed by atoms with Gasteiger partial charge in [-0.25, -0.2) is 0 Å².